The van der Waals surface area contributed by atoms with Crippen molar-refractivity contribution in [2.45, 2.75) is 19.0 Å². The number of ether oxygens (including phenoxy) is 1. The number of benzene rings is 3. The molecule has 2 amide bonds. The van der Waals surface area contributed by atoms with E-state index in [1.54, 1.807) is 24.3 Å². The van der Waals surface area contributed by atoms with Gasteiger partial charge in [0.15, 0.2) is 0 Å². The molecule has 0 aliphatic rings. The van der Waals surface area contributed by atoms with E-state index >= 15 is 0 Å². The van der Waals surface area contributed by atoms with E-state index in [4.69, 9.17) is 39.5 Å². The Morgan fingerprint density at radius 1 is 0.923 bits per heavy atom. The first-order valence-corrected chi connectivity index (χ1v) is 14.7. The molecule has 0 aliphatic heterocycles. The Bertz CT molecular complexity index is 1440. The van der Waals surface area contributed by atoms with Crippen molar-refractivity contribution in [3.05, 3.63) is 92.9 Å². The van der Waals surface area contributed by atoms with E-state index in [2.05, 4.69) is 5.32 Å². The predicted octanol–water partition coefficient (Wildman–Crippen LogP) is 4.81. The number of nitrogens with zero attached hydrogens (tertiary/aromatic N) is 2. The molecule has 0 unspecified atom stereocenters. The first kappa shape index (κ1) is 30.6. The molecule has 3 aromatic carbocycles. The van der Waals surface area contributed by atoms with Crippen LogP contribution in [-0.4, -0.2) is 58.1 Å². The monoisotopic (exact) mass is 611 g/mol. The summed E-state index contributed by atoms with van der Waals surface area (Å²) in [6, 6.07) is 17.9. The lowest BCUT2D eigenvalue weighted by molar-refractivity contribution is -0.139. The maximum atomic E-state index is 14.0. The largest absolute Gasteiger partial charge is 0.497 e. The van der Waals surface area contributed by atoms with Gasteiger partial charge in [-0.15, -0.1) is 0 Å². The van der Waals surface area contributed by atoms with Crippen LogP contribution in [0.25, 0.3) is 0 Å². The summed E-state index contributed by atoms with van der Waals surface area (Å²) >= 11 is 18.5. The zero-order valence-electron chi connectivity index (χ0n) is 21.5. The molecule has 1 atom stereocenters. The lowest BCUT2D eigenvalue weighted by atomic mass is 10.0. The number of sulfonamides is 1. The molecular weight excluding hydrogens is 585 g/mol. The van der Waals surface area contributed by atoms with E-state index in [0.717, 1.165) is 16.1 Å². The molecule has 3 rings (SSSR count). The fourth-order valence-corrected chi connectivity index (χ4v) is 5.53. The van der Waals surface area contributed by atoms with Crippen molar-refractivity contribution in [3.63, 3.8) is 0 Å². The number of nitrogens with one attached hydrogen (secondary N) is 1. The van der Waals surface area contributed by atoms with Crippen LogP contribution in [0.15, 0.2) is 66.7 Å². The summed E-state index contributed by atoms with van der Waals surface area (Å²) in [6.07, 6.45) is 1.15. The number of anilines is 1. The summed E-state index contributed by atoms with van der Waals surface area (Å²) in [5, 5.41) is 2.82. The van der Waals surface area contributed by atoms with Crippen molar-refractivity contribution in [1.82, 2.24) is 10.2 Å². The molecule has 1 N–H and O–H groups in total. The summed E-state index contributed by atoms with van der Waals surface area (Å²) in [7, 11) is -1.01. The number of methoxy groups -OCH3 is 1. The Labute approximate surface area is 243 Å². The smallest absolute Gasteiger partial charge is 0.244 e. The second-order valence-corrected chi connectivity index (χ2v) is 11.8. The van der Waals surface area contributed by atoms with Gasteiger partial charge in [-0.2, -0.15) is 0 Å². The van der Waals surface area contributed by atoms with Gasteiger partial charge in [-0.25, -0.2) is 8.42 Å². The molecule has 0 bridgehead atoms. The molecule has 0 fully saturated rings. The van der Waals surface area contributed by atoms with E-state index in [1.165, 1.54) is 31.2 Å². The minimum absolute atomic E-state index is 0.00546. The van der Waals surface area contributed by atoms with Crippen LogP contribution in [0.4, 0.5) is 5.69 Å². The highest BCUT2D eigenvalue weighted by molar-refractivity contribution is 7.92. The van der Waals surface area contributed by atoms with Gasteiger partial charge < -0.3 is 15.0 Å². The van der Waals surface area contributed by atoms with Crippen LogP contribution in [0.1, 0.15) is 11.1 Å². The van der Waals surface area contributed by atoms with Crippen LogP contribution < -0.4 is 14.4 Å². The van der Waals surface area contributed by atoms with Crippen molar-refractivity contribution in [3.8, 4) is 5.75 Å². The first-order valence-electron chi connectivity index (χ1n) is 11.7. The molecule has 0 saturated heterocycles. The highest BCUT2D eigenvalue weighted by Crippen LogP contribution is 2.35. The summed E-state index contributed by atoms with van der Waals surface area (Å²) in [6.45, 7) is -0.629. The van der Waals surface area contributed by atoms with Crippen LogP contribution in [0.3, 0.4) is 0 Å². The van der Waals surface area contributed by atoms with Crippen molar-refractivity contribution in [2.75, 3.05) is 31.3 Å². The van der Waals surface area contributed by atoms with Gasteiger partial charge >= 0.3 is 0 Å². The molecule has 39 heavy (non-hydrogen) atoms. The summed E-state index contributed by atoms with van der Waals surface area (Å²) in [5.41, 5.74) is 1.49. The molecule has 0 aromatic heterocycles. The highest BCUT2D eigenvalue weighted by Gasteiger charge is 2.33. The fourth-order valence-electron chi connectivity index (χ4n) is 3.99. The average molecular weight is 613 g/mol. The molecule has 12 heteroatoms. The third kappa shape index (κ3) is 8.02. The van der Waals surface area contributed by atoms with Crippen LogP contribution in [0.5, 0.6) is 5.75 Å². The standard InChI is InChI=1S/C27H28Cl3N3O5S/c1-31-27(35)25(13-18-8-5-4-6-9-18)32(16-19-10-7-11-20(12-19)38-2)26(34)17-33(39(3,36)37)24-15-22(29)21(28)14-23(24)30/h4-12,14-15,25H,13,16-17H2,1-3H3,(H,31,35)/t25-/m0/s1. The number of hydrogen-bond acceptors (Lipinski definition) is 5. The minimum atomic E-state index is -4.01. The third-order valence-corrected chi connectivity index (χ3v) is 8.09. The van der Waals surface area contributed by atoms with E-state index < -0.39 is 34.4 Å². The molecule has 8 nitrogen and oxygen atoms in total. The second-order valence-electron chi connectivity index (χ2n) is 8.68. The third-order valence-electron chi connectivity index (χ3n) is 5.94. The molecule has 208 valence electrons. The topological polar surface area (TPSA) is 96.0 Å². The van der Waals surface area contributed by atoms with Crippen LogP contribution in [0, 0.1) is 0 Å². The van der Waals surface area contributed by atoms with Gasteiger partial charge in [-0.3, -0.25) is 13.9 Å². The number of likely N-dealkylation sites (N-methyl/N-ethyl adjacent to an activating group) is 1. The number of rotatable bonds is 11. The van der Waals surface area contributed by atoms with Gasteiger partial charge in [0.2, 0.25) is 21.8 Å². The zero-order valence-corrected chi connectivity index (χ0v) is 24.6. The molecule has 0 heterocycles. The average Bonchev–Trinajstić information content (AvgIpc) is 2.91. The maximum Gasteiger partial charge on any atom is 0.244 e. The van der Waals surface area contributed by atoms with Gasteiger partial charge in [0.25, 0.3) is 0 Å². The second kappa shape index (κ2) is 13.4. The minimum Gasteiger partial charge on any atom is -0.497 e. The quantitative estimate of drug-likeness (QED) is 0.314. The van der Waals surface area contributed by atoms with Gasteiger partial charge in [-0.1, -0.05) is 77.3 Å². The predicted molar refractivity (Wildman–Crippen MR) is 155 cm³/mol. The van der Waals surface area contributed by atoms with E-state index in [9.17, 15) is 18.0 Å². The Balaban J connectivity index is 2.08. The first-order chi connectivity index (χ1) is 18.4. The number of halogens is 3. The number of carbonyl (C=O) groups excluding carboxylic acids is 2. The normalized spacial score (nSPS) is 11.9. The van der Waals surface area contributed by atoms with Gasteiger partial charge in [-0.05, 0) is 35.4 Å². The van der Waals surface area contributed by atoms with E-state index in [-0.39, 0.29) is 33.7 Å². The Hall–Kier alpha value is -2.98. The van der Waals surface area contributed by atoms with E-state index in [0.29, 0.717) is 11.3 Å². The molecule has 0 radical (unpaired) electrons. The highest BCUT2D eigenvalue weighted by atomic mass is 35.5. The molecule has 0 aliphatic carbocycles. The van der Waals surface area contributed by atoms with Gasteiger partial charge in [0.05, 0.1) is 34.1 Å². The number of hydrogen-bond donors (Lipinski definition) is 1. The number of amides is 2. The fraction of sp³-hybridized carbons (Fsp3) is 0.259. The van der Waals surface area contributed by atoms with Crippen LogP contribution in [-0.2, 0) is 32.6 Å². The van der Waals surface area contributed by atoms with Crippen molar-refractivity contribution in [1.29, 1.82) is 0 Å². The zero-order chi connectivity index (χ0) is 28.7. The molecule has 3 aromatic rings. The summed E-state index contributed by atoms with van der Waals surface area (Å²) < 4.78 is 31.9. The van der Waals surface area contributed by atoms with Gasteiger partial charge in [0.1, 0.15) is 18.3 Å². The SMILES string of the molecule is CNC(=O)[C@H](Cc1ccccc1)N(Cc1cccc(OC)c1)C(=O)CN(c1cc(Cl)c(Cl)cc1Cl)S(C)(=O)=O. The Morgan fingerprint density at radius 2 is 1.56 bits per heavy atom. The van der Waals surface area contributed by atoms with Gasteiger partial charge in [0, 0.05) is 20.0 Å². The van der Waals surface area contributed by atoms with Crippen LogP contribution in [0.2, 0.25) is 15.1 Å². The van der Waals surface area contributed by atoms with Crippen LogP contribution >= 0.6 is 34.8 Å². The lowest BCUT2D eigenvalue weighted by Crippen LogP contribution is -2.52. The number of carbonyl (C=O) groups is 2. The molecular formula is C27H28Cl3N3O5S. The molecule has 0 saturated carbocycles. The van der Waals surface area contributed by atoms with Crippen molar-refractivity contribution < 1.29 is 22.7 Å². The molecule has 0 spiro atoms. The Kier molecular flexibility index (Phi) is 10.5. The summed E-state index contributed by atoms with van der Waals surface area (Å²) in [5.74, 6) is -0.469. The summed E-state index contributed by atoms with van der Waals surface area (Å²) in [4.78, 5) is 28.5. The lowest BCUT2D eigenvalue weighted by Gasteiger charge is -2.33. The maximum absolute atomic E-state index is 14.0. The Morgan fingerprint density at radius 3 is 2.18 bits per heavy atom. The van der Waals surface area contributed by atoms with E-state index in [1.807, 2.05) is 30.3 Å². The van der Waals surface area contributed by atoms with Crippen molar-refractivity contribution in [2.24, 2.45) is 0 Å². The van der Waals surface area contributed by atoms with Crippen molar-refractivity contribution >= 4 is 62.3 Å².